The van der Waals surface area contributed by atoms with Crippen molar-refractivity contribution in [3.05, 3.63) is 30.1 Å². The molecule has 0 saturated carbocycles. The molecule has 1 aromatic rings. The second-order valence-corrected chi connectivity index (χ2v) is 2.97. The van der Waals surface area contributed by atoms with E-state index < -0.39 is 5.97 Å². The SMILES string of the molecule is O=C([O-])CCCNC(=O)c1cccnc1.[Na+]. The minimum absolute atomic E-state index is 0. The maximum atomic E-state index is 11.4. The van der Waals surface area contributed by atoms with Crippen LogP contribution in [0.15, 0.2) is 24.5 Å². The molecule has 0 saturated heterocycles. The molecular weight excluding hydrogens is 219 g/mol. The van der Waals surface area contributed by atoms with Gasteiger partial charge in [0.25, 0.3) is 5.91 Å². The predicted octanol–water partition coefficient (Wildman–Crippen LogP) is -3.65. The Morgan fingerprint density at radius 3 is 2.75 bits per heavy atom. The minimum Gasteiger partial charge on any atom is -0.550 e. The molecule has 0 spiro atoms. The summed E-state index contributed by atoms with van der Waals surface area (Å²) in [7, 11) is 0. The molecule has 0 aliphatic carbocycles. The maximum Gasteiger partial charge on any atom is 1.00 e. The van der Waals surface area contributed by atoms with Crippen LogP contribution in [0.25, 0.3) is 0 Å². The molecule has 5 nitrogen and oxygen atoms in total. The summed E-state index contributed by atoms with van der Waals surface area (Å²) in [4.78, 5) is 25.3. The number of hydrogen-bond donors (Lipinski definition) is 1. The molecule has 0 aliphatic rings. The van der Waals surface area contributed by atoms with Gasteiger partial charge in [0.05, 0.1) is 5.56 Å². The molecule has 0 fully saturated rings. The summed E-state index contributed by atoms with van der Waals surface area (Å²) < 4.78 is 0. The summed E-state index contributed by atoms with van der Waals surface area (Å²) in [5.41, 5.74) is 0.464. The summed E-state index contributed by atoms with van der Waals surface area (Å²) in [5.74, 6) is -1.35. The van der Waals surface area contributed by atoms with Gasteiger partial charge in [-0.1, -0.05) is 0 Å². The molecule has 0 unspecified atom stereocenters. The number of nitrogens with zero attached hydrogens (tertiary/aromatic N) is 1. The molecule has 1 amide bonds. The van der Waals surface area contributed by atoms with E-state index in [4.69, 9.17) is 0 Å². The Balaban J connectivity index is 0.00000225. The first-order valence-corrected chi connectivity index (χ1v) is 4.58. The van der Waals surface area contributed by atoms with Crippen LogP contribution in [0.4, 0.5) is 0 Å². The molecule has 80 valence electrons. The molecular formula is C10H11N2NaO3. The average Bonchev–Trinajstić information content (AvgIpc) is 2.25. The van der Waals surface area contributed by atoms with Crippen LogP contribution in [0.1, 0.15) is 23.2 Å². The van der Waals surface area contributed by atoms with Crippen molar-refractivity contribution in [2.45, 2.75) is 12.8 Å². The second-order valence-electron chi connectivity index (χ2n) is 2.97. The number of nitrogens with one attached hydrogen (secondary N) is 1. The molecule has 0 aliphatic heterocycles. The van der Waals surface area contributed by atoms with Crippen molar-refractivity contribution in [3.63, 3.8) is 0 Å². The van der Waals surface area contributed by atoms with Crippen LogP contribution < -0.4 is 40.0 Å². The standard InChI is InChI=1S/C10H12N2O3.Na/c13-9(14)4-2-6-12-10(15)8-3-1-5-11-7-8;/h1,3,5,7H,2,4,6H2,(H,12,15)(H,13,14);/q;+1/p-1. The molecule has 1 rings (SSSR count). The molecule has 0 atom stereocenters. The topological polar surface area (TPSA) is 82.1 Å². The summed E-state index contributed by atoms with van der Waals surface area (Å²) >= 11 is 0. The number of pyridine rings is 1. The maximum absolute atomic E-state index is 11.4. The molecule has 16 heavy (non-hydrogen) atoms. The van der Waals surface area contributed by atoms with Crippen LogP contribution in [0, 0.1) is 0 Å². The summed E-state index contributed by atoms with van der Waals surface area (Å²) in [6.45, 7) is 0.321. The molecule has 1 N–H and O–H groups in total. The summed E-state index contributed by atoms with van der Waals surface area (Å²) in [5, 5.41) is 12.7. The Kier molecular flexibility index (Phi) is 7.80. The molecule has 0 aromatic carbocycles. The number of rotatable bonds is 5. The fraction of sp³-hybridized carbons (Fsp3) is 0.300. The van der Waals surface area contributed by atoms with Crippen molar-refractivity contribution in [3.8, 4) is 0 Å². The number of carboxylic acid groups (broad SMARTS) is 1. The van der Waals surface area contributed by atoms with E-state index in [2.05, 4.69) is 10.3 Å². The molecule has 1 heterocycles. The zero-order valence-corrected chi connectivity index (χ0v) is 11.1. The Hall–Kier alpha value is -0.910. The van der Waals surface area contributed by atoms with Gasteiger partial charge in [0.1, 0.15) is 0 Å². The van der Waals surface area contributed by atoms with Crippen molar-refractivity contribution < 1.29 is 44.3 Å². The van der Waals surface area contributed by atoms with Crippen LogP contribution in [0.5, 0.6) is 0 Å². The van der Waals surface area contributed by atoms with Gasteiger partial charge >= 0.3 is 29.6 Å². The van der Waals surface area contributed by atoms with Crippen molar-refractivity contribution in [2.75, 3.05) is 6.54 Å². The van der Waals surface area contributed by atoms with Crippen LogP contribution in [-0.2, 0) is 4.79 Å². The zero-order valence-electron chi connectivity index (χ0n) is 9.10. The van der Waals surface area contributed by atoms with Gasteiger partial charge in [-0.2, -0.15) is 0 Å². The number of amides is 1. The van der Waals surface area contributed by atoms with Crippen molar-refractivity contribution in [1.82, 2.24) is 10.3 Å². The summed E-state index contributed by atoms with van der Waals surface area (Å²) in [6, 6.07) is 3.30. The minimum atomic E-state index is -1.11. The number of hydrogen-bond acceptors (Lipinski definition) is 4. The Bertz CT molecular complexity index is 343. The van der Waals surface area contributed by atoms with Crippen LogP contribution in [0.2, 0.25) is 0 Å². The Labute approximate surface area is 116 Å². The van der Waals surface area contributed by atoms with E-state index in [1.165, 1.54) is 6.20 Å². The number of carboxylic acids is 1. The second kappa shape index (κ2) is 8.27. The van der Waals surface area contributed by atoms with E-state index in [-0.39, 0.29) is 41.9 Å². The van der Waals surface area contributed by atoms with Crippen molar-refractivity contribution in [1.29, 1.82) is 0 Å². The zero-order chi connectivity index (χ0) is 11.1. The van der Waals surface area contributed by atoms with Crippen LogP contribution >= 0.6 is 0 Å². The fourth-order valence-electron chi connectivity index (χ4n) is 1.03. The van der Waals surface area contributed by atoms with Gasteiger partial charge < -0.3 is 15.2 Å². The van der Waals surface area contributed by atoms with E-state index in [0.29, 0.717) is 18.5 Å². The smallest absolute Gasteiger partial charge is 0.550 e. The monoisotopic (exact) mass is 230 g/mol. The first kappa shape index (κ1) is 15.1. The van der Waals surface area contributed by atoms with E-state index >= 15 is 0 Å². The largest absolute Gasteiger partial charge is 1.00 e. The molecule has 0 bridgehead atoms. The predicted molar refractivity (Wildman–Crippen MR) is 50.8 cm³/mol. The van der Waals surface area contributed by atoms with Gasteiger partial charge in [0.15, 0.2) is 0 Å². The quantitative estimate of drug-likeness (QED) is 0.417. The Morgan fingerprint density at radius 1 is 1.44 bits per heavy atom. The molecule has 6 heteroatoms. The van der Waals surface area contributed by atoms with Gasteiger partial charge in [-0.05, 0) is 25.0 Å². The fourth-order valence-corrected chi connectivity index (χ4v) is 1.03. The van der Waals surface area contributed by atoms with E-state index in [0.717, 1.165) is 0 Å². The van der Waals surface area contributed by atoms with Gasteiger partial charge in [0.2, 0.25) is 0 Å². The first-order chi connectivity index (χ1) is 7.20. The van der Waals surface area contributed by atoms with Crippen LogP contribution in [-0.4, -0.2) is 23.4 Å². The van der Waals surface area contributed by atoms with Gasteiger partial charge in [-0.25, -0.2) is 0 Å². The Morgan fingerprint density at radius 2 is 2.19 bits per heavy atom. The third-order valence-electron chi connectivity index (χ3n) is 1.77. The number of aromatic nitrogens is 1. The number of aliphatic carboxylic acids is 1. The van der Waals surface area contributed by atoms with Crippen LogP contribution in [0.3, 0.4) is 0 Å². The van der Waals surface area contributed by atoms with Gasteiger partial charge in [-0.3, -0.25) is 9.78 Å². The van der Waals surface area contributed by atoms with E-state index in [9.17, 15) is 14.7 Å². The van der Waals surface area contributed by atoms with Crippen molar-refractivity contribution in [2.24, 2.45) is 0 Å². The average molecular weight is 230 g/mol. The molecule has 0 radical (unpaired) electrons. The number of carbonyl (C=O) groups is 2. The number of carbonyl (C=O) groups excluding carboxylic acids is 2. The normalized spacial score (nSPS) is 9.00. The summed E-state index contributed by atoms with van der Waals surface area (Å²) in [6.07, 6.45) is 3.35. The van der Waals surface area contributed by atoms with Gasteiger partial charge in [0, 0.05) is 24.9 Å². The van der Waals surface area contributed by atoms with Gasteiger partial charge in [-0.15, -0.1) is 0 Å². The first-order valence-electron chi connectivity index (χ1n) is 4.58. The van der Waals surface area contributed by atoms with Crippen molar-refractivity contribution >= 4 is 11.9 Å². The molecule has 1 aromatic heterocycles. The van der Waals surface area contributed by atoms with E-state index in [1.807, 2.05) is 0 Å². The van der Waals surface area contributed by atoms with E-state index in [1.54, 1.807) is 18.3 Å². The third-order valence-corrected chi connectivity index (χ3v) is 1.77. The third kappa shape index (κ3) is 5.85.